The second-order valence-corrected chi connectivity index (χ2v) is 7.05. The summed E-state index contributed by atoms with van der Waals surface area (Å²) in [7, 11) is 0. The van der Waals surface area contributed by atoms with Crippen LogP contribution in [0.5, 0.6) is 0 Å². The van der Waals surface area contributed by atoms with Gasteiger partial charge in [0.25, 0.3) is 0 Å². The maximum absolute atomic E-state index is 12.8. The van der Waals surface area contributed by atoms with Crippen LogP contribution in [0, 0.1) is 13.8 Å². The smallest absolute Gasteiger partial charge is 0.244 e. The first kappa shape index (κ1) is 19.6. The van der Waals surface area contributed by atoms with Crippen LogP contribution in [-0.4, -0.2) is 21.4 Å². The van der Waals surface area contributed by atoms with Crippen LogP contribution in [0.25, 0.3) is 11.0 Å². The monoisotopic (exact) mass is 378 g/mol. The minimum atomic E-state index is -0.297. The Labute approximate surface area is 165 Å². The van der Waals surface area contributed by atoms with Gasteiger partial charge in [0.2, 0.25) is 11.8 Å². The van der Waals surface area contributed by atoms with E-state index in [4.69, 9.17) is 0 Å². The van der Waals surface area contributed by atoms with Gasteiger partial charge >= 0.3 is 0 Å². The number of amides is 2. The van der Waals surface area contributed by atoms with Gasteiger partial charge in [-0.3, -0.25) is 9.59 Å². The third kappa shape index (κ3) is 4.22. The topological polar surface area (TPSA) is 76.0 Å². The van der Waals surface area contributed by atoms with Crippen LogP contribution >= 0.6 is 0 Å². The van der Waals surface area contributed by atoms with Crippen molar-refractivity contribution < 1.29 is 9.59 Å². The van der Waals surface area contributed by atoms with Crippen LogP contribution in [0.15, 0.2) is 42.5 Å². The molecule has 0 aliphatic heterocycles. The number of anilines is 1. The van der Waals surface area contributed by atoms with E-state index < -0.39 is 0 Å². The normalized spacial score (nSPS) is 12.0. The van der Waals surface area contributed by atoms with Gasteiger partial charge in [0.15, 0.2) is 0 Å². The van der Waals surface area contributed by atoms with Crippen molar-refractivity contribution in [2.45, 2.75) is 46.7 Å². The molecule has 0 bridgehead atoms. The van der Waals surface area contributed by atoms with Crippen LogP contribution in [0.3, 0.4) is 0 Å². The summed E-state index contributed by atoms with van der Waals surface area (Å²) in [4.78, 5) is 29.2. The fourth-order valence-corrected chi connectivity index (χ4v) is 3.29. The number of nitrogens with zero attached hydrogens (tertiary/aromatic N) is 2. The summed E-state index contributed by atoms with van der Waals surface area (Å²) in [5.74, 6) is 0.481. The van der Waals surface area contributed by atoms with Crippen molar-refractivity contribution in [2.75, 3.05) is 5.32 Å². The molecule has 0 saturated heterocycles. The van der Waals surface area contributed by atoms with Gasteiger partial charge in [-0.2, -0.15) is 0 Å². The highest BCUT2D eigenvalue weighted by Gasteiger charge is 2.19. The van der Waals surface area contributed by atoms with Crippen molar-refractivity contribution in [3.63, 3.8) is 0 Å². The number of hydrogen-bond donors (Lipinski definition) is 2. The zero-order chi connectivity index (χ0) is 20.3. The number of carbonyl (C=O) groups is 2. The Morgan fingerprint density at radius 1 is 1.11 bits per heavy atom. The second kappa shape index (κ2) is 8.25. The molecule has 3 aromatic rings. The molecule has 0 aliphatic carbocycles. The average molecular weight is 378 g/mol. The highest BCUT2D eigenvalue weighted by atomic mass is 16.2. The third-order valence-electron chi connectivity index (χ3n) is 4.73. The van der Waals surface area contributed by atoms with E-state index in [-0.39, 0.29) is 24.4 Å². The van der Waals surface area contributed by atoms with Gasteiger partial charge in [0.05, 0.1) is 17.1 Å². The Hall–Kier alpha value is -3.15. The van der Waals surface area contributed by atoms with Gasteiger partial charge in [0.1, 0.15) is 12.4 Å². The van der Waals surface area contributed by atoms with E-state index in [1.54, 1.807) is 0 Å². The number of nitrogens with one attached hydrogen (secondary N) is 2. The van der Waals surface area contributed by atoms with Crippen molar-refractivity contribution in [2.24, 2.45) is 0 Å². The first-order chi connectivity index (χ1) is 13.4. The Bertz CT molecular complexity index is 1020. The third-order valence-corrected chi connectivity index (χ3v) is 4.73. The standard InChI is InChI=1S/C22H26N4O2/c1-5-20(27)23-16(4)22-25-18-8-6-7-9-19(18)26(22)13-21(28)24-17-11-10-14(2)12-15(17)3/h6-12,16H,5,13H2,1-4H3,(H,23,27)(H,24,28). The molecule has 1 heterocycles. The van der Waals surface area contributed by atoms with Crippen molar-refractivity contribution in [3.8, 4) is 0 Å². The SMILES string of the molecule is CCC(=O)NC(C)c1nc2ccccc2n1CC(=O)Nc1ccc(C)cc1C. The molecule has 0 spiro atoms. The Balaban J connectivity index is 1.89. The van der Waals surface area contributed by atoms with Crippen LogP contribution in [0.1, 0.15) is 43.3 Å². The molecular weight excluding hydrogens is 352 g/mol. The summed E-state index contributed by atoms with van der Waals surface area (Å²) in [5.41, 5.74) is 4.64. The zero-order valence-electron chi connectivity index (χ0n) is 16.7. The second-order valence-electron chi connectivity index (χ2n) is 7.05. The highest BCUT2D eigenvalue weighted by Crippen LogP contribution is 2.22. The van der Waals surface area contributed by atoms with Crippen LogP contribution < -0.4 is 10.6 Å². The lowest BCUT2D eigenvalue weighted by Gasteiger charge is -2.16. The molecule has 146 valence electrons. The predicted octanol–water partition coefficient (Wildman–Crippen LogP) is 3.88. The molecule has 2 N–H and O–H groups in total. The number of aryl methyl sites for hydroxylation is 2. The lowest BCUT2D eigenvalue weighted by atomic mass is 10.1. The number of hydrogen-bond acceptors (Lipinski definition) is 3. The van der Waals surface area contributed by atoms with E-state index in [0.29, 0.717) is 12.2 Å². The number of imidazole rings is 1. The maximum atomic E-state index is 12.8. The molecule has 0 aliphatic rings. The van der Waals surface area contributed by atoms with E-state index in [0.717, 1.165) is 27.8 Å². The van der Waals surface area contributed by atoms with Gasteiger partial charge < -0.3 is 15.2 Å². The number of fused-ring (bicyclic) bond motifs is 1. The summed E-state index contributed by atoms with van der Waals surface area (Å²) in [5, 5.41) is 5.92. The quantitative estimate of drug-likeness (QED) is 0.683. The van der Waals surface area contributed by atoms with Gasteiger partial charge in [-0.15, -0.1) is 0 Å². The summed E-state index contributed by atoms with van der Waals surface area (Å²) < 4.78 is 1.87. The Kier molecular flexibility index (Phi) is 5.78. The molecule has 3 rings (SSSR count). The number of aromatic nitrogens is 2. The summed E-state index contributed by atoms with van der Waals surface area (Å²) >= 11 is 0. The van der Waals surface area contributed by atoms with Crippen LogP contribution in [0.4, 0.5) is 5.69 Å². The van der Waals surface area contributed by atoms with Gasteiger partial charge in [-0.05, 0) is 44.5 Å². The molecule has 2 aromatic carbocycles. The molecule has 2 amide bonds. The Morgan fingerprint density at radius 3 is 2.57 bits per heavy atom. The molecule has 1 aromatic heterocycles. The summed E-state index contributed by atoms with van der Waals surface area (Å²) in [6, 6.07) is 13.3. The predicted molar refractivity (Wildman–Crippen MR) is 111 cm³/mol. The van der Waals surface area contributed by atoms with E-state index in [1.807, 2.05) is 74.7 Å². The van der Waals surface area contributed by atoms with Crippen molar-refractivity contribution in [1.29, 1.82) is 0 Å². The number of benzene rings is 2. The molecular formula is C22H26N4O2. The number of rotatable bonds is 6. The number of para-hydroxylation sites is 2. The largest absolute Gasteiger partial charge is 0.346 e. The van der Waals surface area contributed by atoms with Gasteiger partial charge in [-0.25, -0.2) is 4.98 Å². The van der Waals surface area contributed by atoms with Crippen molar-refractivity contribution in [3.05, 3.63) is 59.4 Å². The minimum absolute atomic E-state index is 0.0502. The fraction of sp³-hybridized carbons (Fsp3) is 0.318. The Morgan fingerprint density at radius 2 is 1.86 bits per heavy atom. The van der Waals surface area contributed by atoms with Crippen LogP contribution in [0.2, 0.25) is 0 Å². The van der Waals surface area contributed by atoms with Crippen molar-refractivity contribution >= 4 is 28.5 Å². The van der Waals surface area contributed by atoms with E-state index in [2.05, 4.69) is 15.6 Å². The van der Waals surface area contributed by atoms with Gasteiger partial charge in [0, 0.05) is 12.1 Å². The molecule has 1 atom stereocenters. The molecule has 0 radical (unpaired) electrons. The first-order valence-corrected chi connectivity index (χ1v) is 9.50. The van der Waals surface area contributed by atoms with Crippen LogP contribution in [-0.2, 0) is 16.1 Å². The summed E-state index contributed by atoms with van der Waals surface area (Å²) in [6.07, 6.45) is 0.401. The molecule has 0 fully saturated rings. The average Bonchev–Trinajstić information content (AvgIpc) is 3.02. The zero-order valence-corrected chi connectivity index (χ0v) is 16.7. The molecule has 1 unspecified atom stereocenters. The lowest BCUT2D eigenvalue weighted by Crippen LogP contribution is -2.29. The van der Waals surface area contributed by atoms with E-state index in [9.17, 15) is 9.59 Å². The minimum Gasteiger partial charge on any atom is -0.346 e. The lowest BCUT2D eigenvalue weighted by molar-refractivity contribution is -0.121. The first-order valence-electron chi connectivity index (χ1n) is 9.50. The molecule has 6 nitrogen and oxygen atoms in total. The maximum Gasteiger partial charge on any atom is 0.244 e. The highest BCUT2D eigenvalue weighted by molar-refractivity contribution is 5.92. The van der Waals surface area contributed by atoms with E-state index in [1.165, 1.54) is 0 Å². The summed E-state index contributed by atoms with van der Waals surface area (Å²) in [6.45, 7) is 7.81. The number of carbonyl (C=O) groups excluding carboxylic acids is 2. The van der Waals surface area contributed by atoms with Gasteiger partial charge in [-0.1, -0.05) is 36.8 Å². The molecule has 6 heteroatoms. The fourth-order valence-electron chi connectivity index (χ4n) is 3.29. The molecule has 0 saturated carbocycles. The van der Waals surface area contributed by atoms with Crippen molar-refractivity contribution in [1.82, 2.24) is 14.9 Å². The van der Waals surface area contributed by atoms with E-state index >= 15 is 0 Å². The molecule has 28 heavy (non-hydrogen) atoms.